The first kappa shape index (κ1) is 27.4. The Morgan fingerprint density at radius 3 is 1.76 bits per heavy atom. The van der Waals surface area contributed by atoms with E-state index in [9.17, 15) is 0 Å². The van der Waals surface area contributed by atoms with Gasteiger partial charge in [0.15, 0.2) is 0 Å². The smallest absolute Gasteiger partial charge is 0.0971 e. The zero-order valence-electron chi connectivity index (χ0n) is 27.8. The second-order valence-corrected chi connectivity index (χ2v) is 14.3. The molecule has 4 aliphatic carbocycles. The van der Waals surface area contributed by atoms with Crippen LogP contribution in [0.2, 0.25) is 0 Å². The molecule has 0 amide bonds. The van der Waals surface area contributed by atoms with Crippen molar-refractivity contribution in [3.63, 3.8) is 0 Å². The largest absolute Gasteiger partial charge is 0.252 e. The molecule has 0 N–H and O–H groups in total. The molecule has 8 aromatic rings. The van der Waals surface area contributed by atoms with E-state index in [0.717, 1.165) is 29.4 Å². The summed E-state index contributed by atoms with van der Waals surface area (Å²) >= 11 is 0. The molecule has 4 aliphatic rings. The molecule has 0 unspecified atom stereocenters. The molecule has 0 saturated heterocycles. The standard InChI is InChI=1S/C49H30N2/c1-2-12-29(13-3-1)31-24-25-37(48-47(31)50-26-27-51-48)46-44-36-20-11-15-30-14-10-19-34(43(30)36)38(44)28-42-45(46)35-18-6-9-23-41(35)49(42)39-21-7-4-16-32(39)33-17-5-8-22-40(33)49/h1-2,4-12,14-28H,3,13H2. The van der Waals surface area contributed by atoms with E-state index >= 15 is 0 Å². The summed E-state index contributed by atoms with van der Waals surface area (Å²) in [4.78, 5) is 10.2. The second-order valence-electron chi connectivity index (χ2n) is 14.3. The van der Waals surface area contributed by atoms with E-state index in [-0.39, 0.29) is 0 Å². The molecule has 2 heteroatoms. The summed E-state index contributed by atoms with van der Waals surface area (Å²) in [6.07, 6.45) is 12.4. The van der Waals surface area contributed by atoms with Crippen LogP contribution in [0.3, 0.4) is 0 Å². The number of allylic oxidation sites excluding steroid dienone is 4. The van der Waals surface area contributed by atoms with Gasteiger partial charge in [-0.25, -0.2) is 0 Å². The van der Waals surface area contributed by atoms with Crippen LogP contribution in [0.5, 0.6) is 0 Å². The molecule has 0 atom stereocenters. The Kier molecular flexibility index (Phi) is 5.31. The lowest BCUT2D eigenvalue weighted by Gasteiger charge is -2.31. The Morgan fingerprint density at radius 1 is 0.451 bits per heavy atom. The third-order valence-corrected chi connectivity index (χ3v) is 12.0. The van der Waals surface area contributed by atoms with Crippen LogP contribution in [0.25, 0.3) is 83.0 Å². The molecule has 12 rings (SSSR count). The predicted octanol–water partition coefficient (Wildman–Crippen LogP) is 12.2. The maximum absolute atomic E-state index is 5.17. The highest BCUT2D eigenvalue weighted by Crippen LogP contribution is 2.67. The molecule has 0 bridgehead atoms. The van der Waals surface area contributed by atoms with Gasteiger partial charge >= 0.3 is 0 Å². The van der Waals surface area contributed by atoms with Gasteiger partial charge in [0.1, 0.15) is 0 Å². The summed E-state index contributed by atoms with van der Waals surface area (Å²) in [7, 11) is 0. The molecule has 7 aromatic carbocycles. The topological polar surface area (TPSA) is 25.8 Å². The van der Waals surface area contributed by atoms with Crippen LogP contribution in [-0.4, -0.2) is 9.97 Å². The van der Waals surface area contributed by atoms with Gasteiger partial charge in [0.05, 0.1) is 16.4 Å². The lowest BCUT2D eigenvalue weighted by atomic mass is 9.69. The molecule has 2 nitrogen and oxygen atoms in total. The molecular formula is C49H30N2. The molecule has 1 aromatic heterocycles. The normalized spacial score (nSPS) is 15.1. The molecule has 0 fully saturated rings. The highest BCUT2D eigenvalue weighted by molar-refractivity contribution is 6.22. The average molecular weight is 647 g/mol. The van der Waals surface area contributed by atoms with Gasteiger partial charge in [0.25, 0.3) is 0 Å². The molecule has 1 spiro atoms. The Hall–Kier alpha value is -6.38. The molecule has 236 valence electrons. The van der Waals surface area contributed by atoms with Crippen LogP contribution in [0.4, 0.5) is 0 Å². The highest BCUT2D eigenvalue weighted by Gasteiger charge is 2.53. The van der Waals surface area contributed by atoms with Crippen LogP contribution in [0, 0.1) is 0 Å². The van der Waals surface area contributed by atoms with Crippen molar-refractivity contribution in [3.05, 3.63) is 186 Å². The summed E-state index contributed by atoms with van der Waals surface area (Å²) in [6, 6.07) is 48.1. The highest BCUT2D eigenvalue weighted by atomic mass is 14.8. The molecule has 1 heterocycles. The average Bonchev–Trinajstić information content (AvgIpc) is 3.80. The van der Waals surface area contributed by atoms with E-state index < -0.39 is 5.41 Å². The number of fused-ring (bicyclic) bond motifs is 14. The van der Waals surface area contributed by atoms with Crippen molar-refractivity contribution >= 4 is 27.4 Å². The van der Waals surface area contributed by atoms with E-state index in [4.69, 9.17) is 9.97 Å². The zero-order chi connectivity index (χ0) is 33.3. The fourth-order valence-corrected chi connectivity index (χ4v) is 10.1. The van der Waals surface area contributed by atoms with Crippen LogP contribution >= 0.6 is 0 Å². The maximum atomic E-state index is 5.17. The van der Waals surface area contributed by atoms with Gasteiger partial charge in [-0.15, -0.1) is 0 Å². The van der Waals surface area contributed by atoms with Gasteiger partial charge < -0.3 is 0 Å². The third-order valence-electron chi connectivity index (χ3n) is 12.0. The zero-order valence-corrected chi connectivity index (χ0v) is 27.8. The van der Waals surface area contributed by atoms with Gasteiger partial charge in [-0.2, -0.15) is 0 Å². The van der Waals surface area contributed by atoms with E-state index in [2.05, 4.69) is 146 Å². The summed E-state index contributed by atoms with van der Waals surface area (Å²) in [5.74, 6) is 0. The SMILES string of the molecule is C1=CCCC(c2ccc(-c3c4c(cc5c3-c3ccccc3C53c5ccccc5-c5ccccc53)-c3cccc5cccc-4c35)c3nccnc23)=C1. The monoisotopic (exact) mass is 646 g/mol. The Bertz CT molecular complexity index is 2870. The van der Waals surface area contributed by atoms with Crippen molar-refractivity contribution in [2.45, 2.75) is 18.3 Å². The van der Waals surface area contributed by atoms with Crippen LogP contribution in [0.15, 0.2) is 158 Å². The van der Waals surface area contributed by atoms with Crippen molar-refractivity contribution in [1.29, 1.82) is 0 Å². The van der Waals surface area contributed by atoms with Crippen LogP contribution in [0.1, 0.15) is 40.7 Å². The van der Waals surface area contributed by atoms with Gasteiger partial charge in [0, 0.05) is 29.1 Å². The first-order chi connectivity index (χ1) is 25.3. The predicted molar refractivity (Wildman–Crippen MR) is 210 cm³/mol. The summed E-state index contributed by atoms with van der Waals surface area (Å²) in [6.45, 7) is 0. The van der Waals surface area contributed by atoms with Crippen molar-refractivity contribution in [2.75, 3.05) is 0 Å². The van der Waals surface area contributed by atoms with Crippen molar-refractivity contribution in [2.24, 2.45) is 0 Å². The van der Waals surface area contributed by atoms with E-state index in [1.807, 2.05) is 12.4 Å². The van der Waals surface area contributed by atoms with Gasteiger partial charge in [-0.05, 0) is 102 Å². The summed E-state index contributed by atoms with van der Waals surface area (Å²) < 4.78 is 0. The Balaban J connectivity index is 1.29. The second kappa shape index (κ2) is 9.87. The Labute approximate surface area is 296 Å². The Morgan fingerprint density at radius 2 is 1.06 bits per heavy atom. The van der Waals surface area contributed by atoms with Gasteiger partial charge in [-0.1, -0.05) is 140 Å². The molecule has 0 radical (unpaired) electrons. The number of benzene rings is 7. The first-order valence-corrected chi connectivity index (χ1v) is 18.0. The van der Waals surface area contributed by atoms with Crippen molar-refractivity contribution < 1.29 is 0 Å². The lowest BCUT2D eigenvalue weighted by molar-refractivity contribution is 0.794. The molecular weight excluding hydrogens is 617 g/mol. The fourth-order valence-electron chi connectivity index (χ4n) is 10.1. The minimum atomic E-state index is -0.452. The number of rotatable bonds is 2. The number of hydrogen-bond acceptors (Lipinski definition) is 2. The van der Waals surface area contributed by atoms with Crippen LogP contribution in [-0.2, 0) is 5.41 Å². The maximum Gasteiger partial charge on any atom is 0.0971 e. The summed E-state index contributed by atoms with van der Waals surface area (Å²) in [5.41, 5.74) is 22.2. The fraction of sp³-hybridized carbons (Fsp3) is 0.0612. The molecule has 0 saturated carbocycles. The van der Waals surface area contributed by atoms with Crippen LogP contribution < -0.4 is 0 Å². The third kappa shape index (κ3) is 3.33. The van der Waals surface area contributed by atoms with Gasteiger partial charge in [-0.3, -0.25) is 9.97 Å². The number of aromatic nitrogens is 2. The lowest BCUT2D eigenvalue weighted by Crippen LogP contribution is -2.26. The van der Waals surface area contributed by atoms with E-state index in [0.29, 0.717) is 0 Å². The minimum absolute atomic E-state index is 0.452. The number of hydrogen-bond donors (Lipinski definition) is 0. The van der Waals surface area contributed by atoms with Crippen molar-refractivity contribution in [3.8, 4) is 55.6 Å². The van der Waals surface area contributed by atoms with Gasteiger partial charge in [0.2, 0.25) is 0 Å². The molecule has 0 aliphatic heterocycles. The van der Waals surface area contributed by atoms with E-state index in [1.54, 1.807) is 0 Å². The minimum Gasteiger partial charge on any atom is -0.252 e. The number of nitrogens with zero attached hydrogens (tertiary/aromatic N) is 2. The quantitative estimate of drug-likeness (QED) is 0.187. The van der Waals surface area contributed by atoms with E-state index in [1.165, 1.54) is 94.2 Å². The first-order valence-electron chi connectivity index (χ1n) is 18.0. The summed E-state index contributed by atoms with van der Waals surface area (Å²) in [5, 5.41) is 2.61. The van der Waals surface area contributed by atoms with Crippen molar-refractivity contribution in [1.82, 2.24) is 9.97 Å². The molecule has 51 heavy (non-hydrogen) atoms.